The van der Waals surface area contributed by atoms with Gasteiger partial charge >= 0.3 is 0 Å². The van der Waals surface area contributed by atoms with Gasteiger partial charge in [0.1, 0.15) is 17.5 Å². The predicted octanol–water partition coefficient (Wildman–Crippen LogP) is 4.26. The Morgan fingerprint density at radius 2 is 2.04 bits per heavy atom. The number of rotatable bonds is 4. The number of aromatic nitrogens is 3. The lowest BCUT2D eigenvalue weighted by Crippen LogP contribution is -2.17. The van der Waals surface area contributed by atoms with Crippen LogP contribution in [-0.4, -0.2) is 20.9 Å². The van der Waals surface area contributed by atoms with E-state index in [0.29, 0.717) is 5.56 Å². The zero-order valence-corrected chi connectivity index (χ0v) is 14.2. The zero-order chi connectivity index (χ0) is 17.1. The number of fused-ring (bicyclic) bond motifs is 1. The molecule has 1 saturated carbocycles. The fourth-order valence-corrected chi connectivity index (χ4v) is 3.55. The van der Waals surface area contributed by atoms with E-state index in [2.05, 4.69) is 16.4 Å². The van der Waals surface area contributed by atoms with Crippen LogP contribution in [-0.2, 0) is 0 Å². The number of hydrogen-bond acceptors (Lipinski definition) is 4. The van der Waals surface area contributed by atoms with Crippen molar-refractivity contribution < 1.29 is 0 Å². The molecule has 1 aliphatic rings. The highest BCUT2D eigenvalue weighted by Gasteiger charge is 2.13. The van der Waals surface area contributed by atoms with E-state index < -0.39 is 0 Å². The van der Waals surface area contributed by atoms with Gasteiger partial charge in [0.2, 0.25) is 0 Å². The molecule has 5 heteroatoms. The van der Waals surface area contributed by atoms with Crippen LogP contribution in [0.15, 0.2) is 42.7 Å². The average molecular weight is 331 g/mol. The van der Waals surface area contributed by atoms with Crippen LogP contribution in [0, 0.1) is 17.2 Å². The molecular weight excluding hydrogens is 310 g/mol. The van der Waals surface area contributed by atoms with Gasteiger partial charge in [-0.3, -0.25) is 4.40 Å². The van der Waals surface area contributed by atoms with Gasteiger partial charge in [-0.2, -0.15) is 5.26 Å². The van der Waals surface area contributed by atoms with Gasteiger partial charge in [0.25, 0.3) is 0 Å². The predicted molar refractivity (Wildman–Crippen MR) is 98.2 cm³/mol. The lowest BCUT2D eigenvalue weighted by molar-refractivity contribution is 0.373. The van der Waals surface area contributed by atoms with Gasteiger partial charge in [0.15, 0.2) is 0 Å². The minimum Gasteiger partial charge on any atom is -0.370 e. The van der Waals surface area contributed by atoms with Gasteiger partial charge < -0.3 is 5.32 Å². The van der Waals surface area contributed by atoms with Crippen molar-refractivity contribution in [2.45, 2.75) is 32.1 Å². The fourth-order valence-electron chi connectivity index (χ4n) is 3.55. The molecule has 4 rings (SSSR count). The summed E-state index contributed by atoms with van der Waals surface area (Å²) in [6, 6.07) is 11.8. The largest absolute Gasteiger partial charge is 0.370 e. The molecule has 3 heterocycles. The molecule has 0 bridgehead atoms. The maximum Gasteiger partial charge on any atom is 0.137 e. The van der Waals surface area contributed by atoms with Crippen molar-refractivity contribution in [3.63, 3.8) is 0 Å². The van der Waals surface area contributed by atoms with Crippen LogP contribution in [0.2, 0.25) is 0 Å². The molecule has 3 aromatic rings. The molecule has 126 valence electrons. The Balaban J connectivity index is 1.58. The van der Waals surface area contributed by atoms with Crippen molar-refractivity contribution >= 4 is 11.5 Å². The molecule has 5 nitrogen and oxygen atoms in total. The van der Waals surface area contributed by atoms with E-state index >= 15 is 0 Å². The summed E-state index contributed by atoms with van der Waals surface area (Å²) in [7, 11) is 0. The summed E-state index contributed by atoms with van der Waals surface area (Å²) >= 11 is 0. The number of nitriles is 1. The summed E-state index contributed by atoms with van der Waals surface area (Å²) in [5.41, 5.74) is 3.18. The van der Waals surface area contributed by atoms with Crippen LogP contribution < -0.4 is 5.32 Å². The molecule has 1 aliphatic carbocycles. The molecule has 25 heavy (non-hydrogen) atoms. The van der Waals surface area contributed by atoms with Crippen molar-refractivity contribution in [2.75, 3.05) is 11.9 Å². The Morgan fingerprint density at radius 1 is 1.16 bits per heavy atom. The van der Waals surface area contributed by atoms with Crippen molar-refractivity contribution in [2.24, 2.45) is 5.92 Å². The molecule has 0 aromatic carbocycles. The summed E-state index contributed by atoms with van der Waals surface area (Å²) in [6.07, 6.45) is 10.3. The van der Waals surface area contributed by atoms with E-state index in [0.717, 1.165) is 35.3 Å². The Labute approximate surface area is 147 Å². The number of hydrogen-bond donors (Lipinski definition) is 1. The van der Waals surface area contributed by atoms with Crippen LogP contribution in [0.1, 0.15) is 37.7 Å². The molecule has 3 aromatic heterocycles. The molecule has 0 amide bonds. The third-order valence-corrected chi connectivity index (χ3v) is 4.94. The monoisotopic (exact) mass is 331 g/mol. The van der Waals surface area contributed by atoms with Crippen molar-refractivity contribution in [3.8, 4) is 17.5 Å². The number of imidazole rings is 1. The minimum atomic E-state index is 0.610. The molecular formula is C20H21N5. The van der Waals surface area contributed by atoms with Crippen LogP contribution in [0.4, 0.5) is 5.82 Å². The third kappa shape index (κ3) is 3.34. The summed E-state index contributed by atoms with van der Waals surface area (Å²) in [5.74, 6) is 1.66. The number of nitrogens with zero attached hydrogens (tertiary/aromatic N) is 4. The zero-order valence-electron chi connectivity index (χ0n) is 14.2. The first-order chi connectivity index (χ1) is 12.3. The highest BCUT2D eigenvalue weighted by atomic mass is 15.0. The molecule has 0 radical (unpaired) electrons. The van der Waals surface area contributed by atoms with E-state index in [1.165, 1.54) is 32.1 Å². The highest BCUT2D eigenvalue weighted by Crippen LogP contribution is 2.25. The summed E-state index contributed by atoms with van der Waals surface area (Å²) < 4.78 is 1.92. The third-order valence-electron chi connectivity index (χ3n) is 4.94. The Bertz CT molecular complexity index is 915. The number of pyridine rings is 2. The maximum atomic E-state index is 9.12. The second kappa shape index (κ2) is 6.94. The summed E-state index contributed by atoms with van der Waals surface area (Å²) in [4.78, 5) is 9.16. The average Bonchev–Trinajstić information content (AvgIpc) is 3.10. The van der Waals surface area contributed by atoms with Gasteiger partial charge in [0, 0.05) is 12.7 Å². The first-order valence-electron chi connectivity index (χ1n) is 8.92. The van der Waals surface area contributed by atoms with Gasteiger partial charge in [0.05, 0.1) is 23.1 Å². The van der Waals surface area contributed by atoms with Crippen LogP contribution in [0.25, 0.3) is 17.0 Å². The van der Waals surface area contributed by atoms with E-state index in [-0.39, 0.29) is 0 Å². The number of nitrogens with one attached hydrogen (secondary N) is 1. The fraction of sp³-hybridized carbons (Fsp3) is 0.350. The molecule has 1 fully saturated rings. The lowest BCUT2D eigenvalue weighted by atomic mass is 9.89. The first kappa shape index (κ1) is 15.6. The maximum absolute atomic E-state index is 9.12. The SMILES string of the molecule is N#Cc1ccc2ncc(-c3cccc(NCC4CCCCC4)n3)n2c1. The molecule has 1 N–H and O–H groups in total. The minimum absolute atomic E-state index is 0.610. The second-order valence-electron chi connectivity index (χ2n) is 6.69. The second-order valence-corrected chi connectivity index (χ2v) is 6.69. The van der Waals surface area contributed by atoms with Gasteiger partial charge in [-0.15, -0.1) is 0 Å². The van der Waals surface area contributed by atoms with Crippen LogP contribution in [0.3, 0.4) is 0 Å². The standard InChI is InChI=1S/C20H21N5/c21-11-16-9-10-20-23-13-18(25(20)14-16)17-7-4-8-19(24-17)22-12-15-5-2-1-3-6-15/h4,7-10,13-15H,1-3,5-6,12H2,(H,22,24). The van der Waals surface area contributed by atoms with Crippen LogP contribution >= 0.6 is 0 Å². The van der Waals surface area contributed by atoms with Crippen LogP contribution in [0.5, 0.6) is 0 Å². The Kier molecular flexibility index (Phi) is 4.34. The quantitative estimate of drug-likeness (QED) is 0.775. The van der Waals surface area contributed by atoms with E-state index in [9.17, 15) is 0 Å². The first-order valence-corrected chi connectivity index (χ1v) is 8.92. The number of anilines is 1. The van der Waals surface area contributed by atoms with Crippen molar-refractivity contribution in [1.82, 2.24) is 14.4 Å². The lowest BCUT2D eigenvalue weighted by Gasteiger charge is -2.22. The van der Waals surface area contributed by atoms with E-state index in [1.54, 1.807) is 6.07 Å². The highest BCUT2D eigenvalue weighted by molar-refractivity contribution is 5.62. The van der Waals surface area contributed by atoms with Gasteiger partial charge in [-0.1, -0.05) is 25.3 Å². The summed E-state index contributed by atoms with van der Waals surface area (Å²) in [6.45, 7) is 0.988. The Hall–Kier alpha value is -2.87. The van der Waals surface area contributed by atoms with E-state index in [1.807, 2.05) is 41.1 Å². The van der Waals surface area contributed by atoms with Crippen molar-refractivity contribution in [1.29, 1.82) is 5.26 Å². The Morgan fingerprint density at radius 3 is 2.88 bits per heavy atom. The molecule has 0 spiro atoms. The van der Waals surface area contributed by atoms with Gasteiger partial charge in [-0.05, 0) is 43.0 Å². The molecule has 0 unspecified atom stereocenters. The molecule has 0 saturated heterocycles. The summed E-state index contributed by atoms with van der Waals surface area (Å²) in [5, 5.41) is 12.6. The molecule has 0 atom stereocenters. The smallest absolute Gasteiger partial charge is 0.137 e. The van der Waals surface area contributed by atoms with Crippen molar-refractivity contribution in [3.05, 3.63) is 48.3 Å². The normalized spacial score (nSPS) is 15.2. The van der Waals surface area contributed by atoms with E-state index in [4.69, 9.17) is 10.2 Å². The molecule has 0 aliphatic heterocycles. The van der Waals surface area contributed by atoms with Gasteiger partial charge in [-0.25, -0.2) is 9.97 Å². The topological polar surface area (TPSA) is 66.0 Å².